The van der Waals surface area contributed by atoms with Crippen LogP contribution in [0.2, 0.25) is 0 Å². The number of thiophene rings is 1. The van der Waals surface area contributed by atoms with Crippen molar-refractivity contribution >= 4 is 43.2 Å². The second-order valence-corrected chi connectivity index (χ2v) is 7.78. The lowest BCUT2D eigenvalue weighted by atomic mass is 10.1. The predicted molar refractivity (Wildman–Crippen MR) is 88.7 cm³/mol. The Bertz CT molecular complexity index is 581. The average Bonchev–Trinajstić information content (AvgIpc) is 2.67. The Kier molecular flexibility index (Phi) is 5.17. The van der Waals surface area contributed by atoms with E-state index in [9.17, 15) is 0 Å². The molecule has 1 atom stereocenters. The zero-order valence-corrected chi connectivity index (χ0v) is 15.1. The summed E-state index contributed by atoms with van der Waals surface area (Å²) in [4.78, 5) is 7.17. The topological polar surface area (TPSA) is 24.9 Å². The van der Waals surface area contributed by atoms with E-state index in [0.29, 0.717) is 6.04 Å². The Morgan fingerprint density at radius 2 is 2.05 bits per heavy atom. The maximum Gasteiger partial charge on any atom is 0.0684 e. The van der Waals surface area contributed by atoms with Gasteiger partial charge in [-0.2, -0.15) is 0 Å². The lowest BCUT2D eigenvalue weighted by Gasteiger charge is -2.14. The Morgan fingerprint density at radius 3 is 2.63 bits per heavy atom. The van der Waals surface area contributed by atoms with Crippen LogP contribution >= 0.6 is 43.2 Å². The van der Waals surface area contributed by atoms with E-state index in [2.05, 4.69) is 69.0 Å². The predicted octanol–water partition coefficient (Wildman–Crippen LogP) is 5.14. The van der Waals surface area contributed by atoms with E-state index < -0.39 is 0 Å². The highest BCUT2D eigenvalue weighted by atomic mass is 79.9. The van der Waals surface area contributed by atoms with Crippen LogP contribution in [0.4, 0.5) is 0 Å². The van der Waals surface area contributed by atoms with Crippen LogP contribution in [0.15, 0.2) is 27.3 Å². The largest absolute Gasteiger partial charge is 0.304 e. The summed E-state index contributed by atoms with van der Waals surface area (Å²) in [6, 6.07) is 4.62. The van der Waals surface area contributed by atoms with Crippen LogP contribution in [0.25, 0.3) is 0 Å². The summed E-state index contributed by atoms with van der Waals surface area (Å²) in [7, 11) is 0. The molecule has 5 heteroatoms. The van der Waals surface area contributed by atoms with Crippen molar-refractivity contribution < 1.29 is 0 Å². The van der Waals surface area contributed by atoms with E-state index in [0.717, 1.165) is 21.2 Å². The molecular formula is C14H16Br2N2S. The van der Waals surface area contributed by atoms with E-state index in [4.69, 9.17) is 0 Å². The minimum Gasteiger partial charge on any atom is -0.304 e. The molecule has 2 rings (SSSR count). The normalized spacial score (nSPS) is 12.7. The van der Waals surface area contributed by atoms with Crippen LogP contribution in [0.1, 0.15) is 34.0 Å². The number of aryl methyl sites for hydroxylation is 2. The molecule has 0 aliphatic rings. The van der Waals surface area contributed by atoms with Crippen molar-refractivity contribution in [3.63, 3.8) is 0 Å². The molecular weight excluding hydrogens is 388 g/mol. The van der Waals surface area contributed by atoms with Gasteiger partial charge in [0.25, 0.3) is 0 Å². The molecule has 0 fully saturated rings. The first-order valence-electron chi connectivity index (χ1n) is 6.07. The summed E-state index contributed by atoms with van der Waals surface area (Å²) in [6.45, 7) is 7.28. The van der Waals surface area contributed by atoms with Crippen molar-refractivity contribution in [1.29, 1.82) is 0 Å². The summed E-state index contributed by atoms with van der Waals surface area (Å²) in [5, 5.41) is 3.53. The number of rotatable bonds is 4. The highest BCUT2D eigenvalue weighted by Crippen LogP contribution is 2.27. The maximum atomic E-state index is 4.42. The molecule has 0 bridgehead atoms. The fourth-order valence-electron chi connectivity index (χ4n) is 2.01. The third-order valence-electron chi connectivity index (χ3n) is 3.01. The van der Waals surface area contributed by atoms with Gasteiger partial charge < -0.3 is 5.32 Å². The van der Waals surface area contributed by atoms with Crippen LogP contribution in [-0.4, -0.2) is 4.98 Å². The molecule has 19 heavy (non-hydrogen) atoms. The van der Waals surface area contributed by atoms with Crippen molar-refractivity contribution in [3.8, 4) is 0 Å². The number of nitrogens with one attached hydrogen (secondary N) is 1. The van der Waals surface area contributed by atoms with Gasteiger partial charge in [0, 0.05) is 37.5 Å². The van der Waals surface area contributed by atoms with Crippen LogP contribution in [0.3, 0.4) is 0 Å². The van der Waals surface area contributed by atoms with E-state index in [1.165, 1.54) is 15.3 Å². The van der Waals surface area contributed by atoms with Crippen molar-refractivity contribution in [2.75, 3.05) is 0 Å². The molecule has 2 heterocycles. The summed E-state index contributed by atoms with van der Waals surface area (Å²) in [6.07, 6.45) is 1.83. The molecule has 0 saturated heterocycles. The summed E-state index contributed by atoms with van der Waals surface area (Å²) in [5.74, 6) is 0. The van der Waals surface area contributed by atoms with E-state index in [-0.39, 0.29) is 0 Å². The standard InChI is InChI=1S/C14H16Br2N2S/c1-8-4-12(10(3)19-8)9(2)17-7-14-13(16)5-11(15)6-18-14/h4-6,9,17H,7H2,1-3H3. The fraction of sp³-hybridized carbons (Fsp3) is 0.357. The van der Waals surface area contributed by atoms with Gasteiger partial charge in [-0.05, 0) is 70.3 Å². The van der Waals surface area contributed by atoms with Crippen molar-refractivity contribution in [1.82, 2.24) is 10.3 Å². The lowest BCUT2D eigenvalue weighted by Crippen LogP contribution is -2.19. The molecule has 2 aromatic heterocycles. The second-order valence-electron chi connectivity index (χ2n) is 4.55. The van der Waals surface area contributed by atoms with Crippen molar-refractivity contribution in [3.05, 3.63) is 48.3 Å². The molecule has 0 aromatic carbocycles. The van der Waals surface area contributed by atoms with Gasteiger partial charge in [0.1, 0.15) is 0 Å². The molecule has 0 saturated carbocycles. The zero-order chi connectivity index (χ0) is 14.0. The van der Waals surface area contributed by atoms with Crippen LogP contribution in [-0.2, 0) is 6.54 Å². The van der Waals surface area contributed by atoms with Gasteiger partial charge in [0.15, 0.2) is 0 Å². The Morgan fingerprint density at radius 1 is 1.32 bits per heavy atom. The highest BCUT2D eigenvalue weighted by molar-refractivity contribution is 9.11. The minimum absolute atomic E-state index is 0.335. The molecule has 0 aliphatic carbocycles. The summed E-state index contributed by atoms with van der Waals surface area (Å²) < 4.78 is 2.01. The number of hydrogen-bond donors (Lipinski definition) is 1. The molecule has 102 valence electrons. The van der Waals surface area contributed by atoms with Crippen molar-refractivity contribution in [2.24, 2.45) is 0 Å². The first-order chi connectivity index (χ1) is 8.97. The number of nitrogens with zero attached hydrogens (tertiary/aromatic N) is 1. The molecule has 1 N–H and O–H groups in total. The van der Waals surface area contributed by atoms with Crippen molar-refractivity contribution in [2.45, 2.75) is 33.4 Å². The van der Waals surface area contributed by atoms with E-state index in [1.807, 2.05) is 23.6 Å². The van der Waals surface area contributed by atoms with E-state index in [1.54, 1.807) is 0 Å². The van der Waals surface area contributed by atoms with Gasteiger partial charge in [0.2, 0.25) is 0 Å². The highest BCUT2D eigenvalue weighted by Gasteiger charge is 2.11. The van der Waals surface area contributed by atoms with E-state index >= 15 is 0 Å². The summed E-state index contributed by atoms with van der Waals surface area (Å²) in [5.41, 5.74) is 2.41. The average molecular weight is 404 g/mol. The monoisotopic (exact) mass is 402 g/mol. The molecule has 0 radical (unpaired) electrons. The van der Waals surface area contributed by atoms with Crippen LogP contribution < -0.4 is 5.32 Å². The zero-order valence-electron chi connectivity index (χ0n) is 11.1. The minimum atomic E-state index is 0.335. The molecule has 2 aromatic rings. The molecule has 1 unspecified atom stereocenters. The number of halogens is 2. The smallest absolute Gasteiger partial charge is 0.0684 e. The Labute approximate surface area is 134 Å². The quantitative estimate of drug-likeness (QED) is 0.764. The maximum absolute atomic E-state index is 4.42. The molecule has 2 nitrogen and oxygen atoms in total. The first-order valence-corrected chi connectivity index (χ1v) is 8.48. The van der Waals surface area contributed by atoms with Gasteiger partial charge in [-0.25, -0.2) is 0 Å². The molecule has 0 aliphatic heterocycles. The van der Waals surface area contributed by atoms with Gasteiger partial charge in [-0.15, -0.1) is 11.3 Å². The summed E-state index contributed by atoms with van der Waals surface area (Å²) >= 11 is 8.81. The van der Waals surface area contributed by atoms with Gasteiger partial charge >= 0.3 is 0 Å². The number of hydrogen-bond acceptors (Lipinski definition) is 3. The Hall–Kier alpha value is -0.230. The molecule has 0 spiro atoms. The van der Waals surface area contributed by atoms with Gasteiger partial charge in [-0.3, -0.25) is 4.98 Å². The number of pyridine rings is 1. The second kappa shape index (κ2) is 6.48. The SMILES string of the molecule is Cc1cc(C(C)NCc2ncc(Br)cc2Br)c(C)s1. The number of aromatic nitrogens is 1. The third kappa shape index (κ3) is 3.88. The lowest BCUT2D eigenvalue weighted by molar-refractivity contribution is 0.566. The third-order valence-corrected chi connectivity index (χ3v) is 5.11. The van der Waals surface area contributed by atoms with Gasteiger partial charge in [-0.1, -0.05) is 0 Å². The van der Waals surface area contributed by atoms with Crippen LogP contribution in [0, 0.1) is 13.8 Å². The Balaban J connectivity index is 2.04. The fourth-order valence-corrected chi connectivity index (χ4v) is 4.16. The van der Waals surface area contributed by atoms with Gasteiger partial charge in [0.05, 0.1) is 5.69 Å². The van der Waals surface area contributed by atoms with Crippen LogP contribution in [0.5, 0.6) is 0 Å². The first kappa shape index (κ1) is 15.2. The molecule has 0 amide bonds.